The number of thioether (sulfide) groups is 1. The van der Waals surface area contributed by atoms with Crippen molar-refractivity contribution in [1.82, 2.24) is 20.2 Å². The smallest absolute Gasteiger partial charge is 0.250 e. The lowest BCUT2D eigenvalue weighted by Gasteiger charge is -2.19. The van der Waals surface area contributed by atoms with Gasteiger partial charge in [0.2, 0.25) is 0 Å². The molecular formula is C28H28FN5OS. The third kappa shape index (κ3) is 6.07. The minimum absolute atomic E-state index is 0.0479. The van der Waals surface area contributed by atoms with Crippen molar-refractivity contribution < 1.29 is 9.18 Å². The Balaban J connectivity index is 1.55. The molecule has 0 radical (unpaired) electrons. The van der Waals surface area contributed by atoms with Gasteiger partial charge in [0.15, 0.2) is 11.0 Å². The highest BCUT2D eigenvalue weighted by Crippen LogP contribution is 2.30. The van der Waals surface area contributed by atoms with E-state index in [4.69, 9.17) is 0 Å². The van der Waals surface area contributed by atoms with Crippen LogP contribution in [-0.4, -0.2) is 32.6 Å². The number of aromatic nitrogens is 3. The van der Waals surface area contributed by atoms with E-state index in [1.807, 2.05) is 47.9 Å². The van der Waals surface area contributed by atoms with Crippen LogP contribution in [-0.2, 0) is 10.2 Å². The summed E-state index contributed by atoms with van der Waals surface area (Å²) in [5.41, 5.74) is 7.00. The number of hydrogen-bond donors (Lipinski definition) is 1. The van der Waals surface area contributed by atoms with Crippen LogP contribution in [0.5, 0.6) is 0 Å². The molecule has 0 fully saturated rings. The number of hydrogen-bond acceptors (Lipinski definition) is 5. The molecule has 4 aromatic rings. The number of nitrogens with one attached hydrogen (secondary N) is 1. The molecule has 0 spiro atoms. The summed E-state index contributed by atoms with van der Waals surface area (Å²) in [7, 11) is 0. The maximum atomic E-state index is 13.7. The number of benzene rings is 3. The topological polar surface area (TPSA) is 72.2 Å². The molecule has 0 saturated heterocycles. The Morgan fingerprint density at radius 3 is 2.39 bits per heavy atom. The molecule has 0 aliphatic rings. The van der Waals surface area contributed by atoms with Gasteiger partial charge in [-0.05, 0) is 36.1 Å². The van der Waals surface area contributed by atoms with Crippen molar-refractivity contribution in [3.05, 3.63) is 95.3 Å². The van der Waals surface area contributed by atoms with Crippen molar-refractivity contribution in [3.63, 3.8) is 0 Å². The summed E-state index contributed by atoms with van der Waals surface area (Å²) in [4.78, 5) is 12.4. The van der Waals surface area contributed by atoms with Gasteiger partial charge < -0.3 is 0 Å². The second-order valence-electron chi connectivity index (χ2n) is 9.41. The van der Waals surface area contributed by atoms with E-state index in [2.05, 4.69) is 53.6 Å². The third-order valence-corrected chi connectivity index (χ3v) is 6.49. The fourth-order valence-electron chi connectivity index (χ4n) is 3.51. The van der Waals surface area contributed by atoms with E-state index in [9.17, 15) is 9.18 Å². The monoisotopic (exact) mass is 501 g/mol. The Bertz CT molecular complexity index is 1370. The van der Waals surface area contributed by atoms with Crippen molar-refractivity contribution in [1.29, 1.82) is 0 Å². The number of amides is 1. The third-order valence-electron chi connectivity index (χ3n) is 5.57. The van der Waals surface area contributed by atoms with Crippen LogP contribution in [0.1, 0.15) is 37.5 Å². The van der Waals surface area contributed by atoms with E-state index in [-0.39, 0.29) is 17.1 Å². The molecule has 6 nitrogen and oxygen atoms in total. The Kier molecular flexibility index (Phi) is 7.64. The van der Waals surface area contributed by atoms with Gasteiger partial charge in [0.05, 0.1) is 12.0 Å². The zero-order valence-corrected chi connectivity index (χ0v) is 21.5. The molecule has 0 unspecified atom stereocenters. The zero-order chi connectivity index (χ0) is 25.7. The molecule has 8 heteroatoms. The first-order chi connectivity index (χ1) is 17.2. The summed E-state index contributed by atoms with van der Waals surface area (Å²) >= 11 is 1.26. The second kappa shape index (κ2) is 10.9. The molecule has 4 rings (SSSR count). The Morgan fingerprint density at radius 1 is 1.03 bits per heavy atom. The first-order valence-electron chi connectivity index (χ1n) is 11.5. The normalized spacial score (nSPS) is 11.7. The van der Waals surface area contributed by atoms with E-state index in [1.165, 1.54) is 29.6 Å². The molecule has 0 saturated carbocycles. The number of hydrazone groups is 1. The van der Waals surface area contributed by atoms with Gasteiger partial charge in [-0.25, -0.2) is 9.82 Å². The standard InChI is InChI=1S/C28H28FN5OS/c1-19-9-15-23(16-10-19)34-26(20-11-13-22(14-12-20)28(2,3)4)32-33-27(34)36-18-25(35)31-30-17-21-7-5-6-8-24(21)29/h5-17H,18H2,1-4H3,(H,31,35). The van der Waals surface area contributed by atoms with E-state index in [0.717, 1.165) is 16.8 Å². The molecule has 0 aliphatic carbocycles. The predicted molar refractivity (Wildman–Crippen MR) is 143 cm³/mol. The number of rotatable bonds is 7. The number of carbonyl (C=O) groups is 1. The van der Waals surface area contributed by atoms with E-state index < -0.39 is 5.82 Å². The number of aryl methyl sites for hydroxylation is 1. The molecule has 1 amide bonds. The molecule has 0 atom stereocenters. The average molecular weight is 502 g/mol. The molecule has 36 heavy (non-hydrogen) atoms. The minimum Gasteiger partial charge on any atom is -0.272 e. The first kappa shape index (κ1) is 25.3. The molecule has 3 aromatic carbocycles. The van der Waals surface area contributed by atoms with Crippen molar-refractivity contribution in [2.24, 2.45) is 5.10 Å². The van der Waals surface area contributed by atoms with Gasteiger partial charge in [0, 0.05) is 16.8 Å². The quantitative estimate of drug-likeness (QED) is 0.194. The van der Waals surface area contributed by atoms with Crippen LogP contribution in [0.25, 0.3) is 17.1 Å². The van der Waals surface area contributed by atoms with Gasteiger partial charge in [0.25, 0.3) is 5.91 Å². The van der Waals surface area contributed by atoms with Crippen LogP contribution >= 0.6 is 11.8 Å². The molecule has 184 valence electrons. The summed E-state index contributed by atoms with van der Waals surface area (Å²) in [5, 5.41) is 13.3. The van der Waals surface area contributed by atoms with Crippen LogP contribution in [0.3, 0.4) is 0 Å². The average Bonchev–Trinajstić information content (AvgIpc) is 3.28. The SMILES string of the molecule is Cc1ccc(-n2c(SCC(=O)NN=Cc3ccccc3F)nnc2-c2ccc(C(C)(C)C)cc2)cc1. The summed E-state index contributed by atoms with van der Waals surface area (Å²) in [5.74, 6) is 0.0303. The second-order valence-corrected chi connectivity index (χ2v) is 10.4. The highest BCUT2D eigenvalue weighted by Gasteiger charge is 2.19. The maximum absolute atomic E-state index is 13.7. The highest BCUT2D eigenvalue weighted by atomic mass is 32.2. The van der Waals surface area contributed by atoms with Crippen LogP contribution in [0, 0.1) is 12.7 Å². The molecular weight excluding hydrogens is 473 g/mol. The number of halogens is 1. The number of nitrogens with zero attached hydrogens (tertiary/aromatic N) is 4. The lowest BCUT2D eigenvalue weighted by atomic mass is 9.87. The van der Waals surface area contributed by atoms with Crippen molar-refractivity contribution >= 4 is 23.9 Å². The van der Waals surface area contributed by atoms with Crippen molar-refractivity contribution in [3.8, 4) is 17.1 Å². The van der Waals surface area contributed by atoms with Crippen LogP contribution in [0.4, 0.5) is 4.39 Å². The van der Waals surface area contributed by atoms with Crippen LogP contribution < -0.4 is 5.43 Å². The molecule has 0 aliphatic heterocycles. The lowest BCUT2D eigenvalue weighted by molar-refractivity contribution is -0.118. The number of carbonyl (C=O) groups excluding carboxylic acids is 1. The molecule has 1 heterocycles. The lowest BCUT2D eigenvalue weighted by Crippen LogP contribution is -2.20. The summed E-state index contributed by atoms with van der Waals surface area (Å²) in [6, 6.07) is 22.6. The summed E-state index contributed by atoms with van der Waals surface area (Å²) < 4.78 is 15.7. The Morgan fingerprint density at radius 2 is 1.72 bits per heavy atom. The highest BCUT2D eigenvalue weighted by molar-refractivity contribution is 7.99. The van der Waals surface area contributed by atoms with E-state index >= 15 is 0 Å². The van der Waals surface area contributed by atoms with Crippen LogP contribution in [0.15, 0.2) is 83.1 Å². The Hall–Kier alpha value is -3.78. The van der Waals surface area contributed by atoms with Gasteiger partial charge in [-0.2, -0.15) is 5.10 Å². The molecule has 1 N–H and O–H groups in total. The molecule has 1 aromatic heterocycles. The zero-order valence-electron chi connectivity index (χ0n) is 20.7. The van der Waals surface area contributed by atoms with Crippen molar-refractivity contribution in [2.75, 3.05) is 5.75 Å². The summed E-state index contributed by atoms with van der Waals surface area (Å²) in [6.07, 6.45) is 1.28. The fourth-order valence-corrected chi connectivity index (χ4v) is 4.26. The first-order valence-corrected chi connectivity index (χ1v) is 12.5. The Labute approximate surface area is 214 Å². The van der Waals surface area contributed by atoms with Crippen molar-refractivity contribution in [2.45, 2.75) is 38.3 Å². The fraction of sp³-hybridized carbons (Fsp3) is 0.214. The minimum atomic E-state index is -0.404. The van der Waals surface area contributed by atoms with E-state index in [1.54, 1.807) is 18.2 Å². The largest absolute Gasteiger partial charge is 0.272 e. The maximum Gasteiger partial charge on any atom is 0.250 e. The van der Waals surface area contributed by atoms with Crippen LogP contribution in [0.2, 0.25) is 0 Å². The van der Waals surface area contributed by atoms with Gasteiger partial charge in [-0.1, -0.05) is 92.7 Å². The van der Waals surface area contributed by atoms with E-state index in [0.29, 0.717) is 16.5 Å². The van der Waals surface area contributed by atoms with Gasteiger partial charge in [0.1, 0.15) is 5.82 Å². The van der Waals surface area contributed by atoms with Gasteiger partial charge >= 0.3 is 0 Å². The van der Waals surface area contributed by atoms with Gasteiger partial charge in [-0.3, -0.25) is 9.36 Å². The molecule has 0 bridgehead atoms. The predicted octanol–water partition coefficient (Wildman–Crippen LogP) is 5.92. The summed E-state index contributed by atoms with van der Waals surface area (Å²) in [6.45, 7) is 8.56. The van der Waals surface area contributed by atoms with Gasteiger partial charge in [-0.15, -0.1) is 10.2 Å².